The minimum absolute atomic E-state index is 0.000120. The van der Waals surface area contributed by atoms with Gasteiger partial charge in [0.15, 0.2) is 0 Å². The Morgan fingerprint density at radius 3 is 2.33 bits per heavy atom. The molecule has 1 atom stereocenters. The number of anilines is 1. The highest BCUT2D eigenvalue weighted by atomic mass is 35.5. The zero-order valence-electron chi connectivity index (χ0n) is 15.1. The van der Waals surface area contributed by atoms with E-state index in [1.165, 1.54) is 17.0 Å². The molecule has 0 fully saturated rings. The SMILES string of the molecule is C[C@H](NCC(=O)Nc1ccc(C(=O)N(C)C)cc1)c1cc(F)c(Cl)cc1Cl. The number of nitrogens with one attached hydrogen (secondary N) is 2. The summed E-state index contributed by atoms with van der Waals surface area (Å²) in [5.41, 5.74) is 1.61. The van der Waals surface area contributed by atoms with Crippen molar-refractivity contribution in [3.8, 4) is 0 Å². The van der Waals surface area contributed by atoms with E-state index in [0.717, 1.165) is 0 Å². The first-order valence-electron chi connectivity index (χ1n) is 8.18. The lowest BCUT2D eigenvalue weighted by molar-refractivity contribution is -0.115. The van der Waals surface area contributed by atoms with Gasteiger partial charge in [-0.25, -0.2) is 4.39 Å². The summed E-state index contributed by atoms with van der Waals surface area (Å²) >= 11 is 11.8. The summed E-state index contributed by atoms with van der Waals surface area (Å²) in [6, 6.07) is 8.83. The van der Waals surface area contributed by atoms with Gasteiger partial charge < -0.3 is 15.5 Å². The van der Waals surface area contributed by atoms with E-state index in [2.05, 4.69) is 10.6 Å². The minimum Gasteiger partial charge on any atom is -0.345 e. The smallest absolute Gasteiger partial charge is 0.253 e. The van der Waals surface area contributed by atoms with Crippen LogP contribution in [-0.4, -0.2) is 37.4 Å². The number of halogens is 3. The van der Waals surface area contributed by atoms with Crippen LogP contribution in [0, 0.1) is 5.82 Å². The highest BCUT2D eigenvalue weighted by Crippen LogP contribution is 2.28. The third-order valence-electron chi connectivity index (χ3n) is 3.90. The highest BCUT2D eigenvalue weighted by Gasteiger charge is 2.14. The fourth-order valence-electron chi connectivity index (χ4n) is 2.39. The maximum absolute atomic E-state index is 13.6. The summed E-state index contributed by atoms with van der Waals surface area (Å²) in [7, 11) is 3.34. The second-order valence-corrected chi connectivity index (χ2v) is 7.03. The first kappa shape index (κ1) is 21.2. The molecule has 0 unspecified atom stereocenters. The van der Waals surface area contributed by atoms with Crippen molar-refractivity contribution in [2.24, 2.45) is 0 Å². The number of hydrogen-bond donors (Lipinski definition) is 2. The van der Waals surface area contributed by atoms with Crippen molar-refractivity contribution in [3.63, 3.8) is 0 Å². The Morgan fingerprint density at radius 1 is 1.11 bits per heavy atom. The van der Waals surface area contributed by atoms with E-state index in [1.807, 2.05) is 0 Å². The Hall–Kier alpha value is -2.15. The predicted octanol–water partition coefficient (Wildman–Crippen LogP) is 4.12. The molecular weight excluding hydrogens is 392 g/mol. The molecule has 144 valence electrons. The van der Waals surface area contributed by atoms with Gasteiger partial charge in [-0.1, -0.05) is 23.2 Å². The molecule has 0 spiro atoms. The van der Waals surface area contributed by atoms with Crippen LogP contribution in [0.1, 0.15) is 28.9 Å². The molecule has 0 aliphatic carbocycles. The average Bonchev–Trinajstić information content (AvgIpc) is 2.62. The van der Waals surface area contributed by atoms with Crippen molar-refractivity contribution in [3.05, 3.63) is 63.4 Å². The van der Waals surface area contributed by atoms with Crippen LogP contribution in [0.4, 0.5) is 10.1 Å². The molecule has 2 N–H and O–H groups in total. The van der Waals surface area contributed by atoms with Crippen LogP contribution in [0.3, 0.4) is 0 Å². The number of hydrogen-bond acceptors (Lipinski definition) is 3. The van der Waals surface area contributed by atoms with Crippen LogP contribution in [0.2, 0.25) is 10.0 Å². The maximum atomic E-state index is 13.6. The summed E-state index contributed by atoms with van der Waals surface area (Å²) in [5, 5.41) is 5.98. The van der Waals surface area contributed by atoms with E-state index in [-0.39, 0.29) is 29.4 Å². The lowest BCUT2D eigenvalue weighted by Crippen LogP contribution is -2.30. The Labute approximate surface area is 167 Å². The lowest BCUT2D eigenvalue weighted by atomic mass is 10.1. The van der Waals surface area contributed by atoms with Crippen molar-refractivity contribution >= 4 is 40.7 Å². The molecule has 0 saturated heterocycles. The molecule has 27 heavy (non-hydrogen) atoms. The number of carbonyl (C=O) groups excluding carboxylic acids is 2. The van der Waals surface area contributed by atoms with Gasteiger partial charge in [0.05, 0.1) is 11.6 Å². The number of benzene rings is 2. The number of rotatable bonds is 6. The fraction of sp³-hybridized carbons (Fsp3) is 0.263. The van der Waals surface area contributed by atoms with E-state index in [4.69, 9.17) is 23.2 Å². The van der Waals surface area contributed by atoms with Crippen molar-refractivity contribution < 1.29 is 14.0 Å². The largest absolute Gasteiger partial charge is 0.345 e. The summed E-state index contributed by atoms with van der Waals surface area (Å²) in [4.78, 5) is 25.4. The highest BCUT2D eigenvalue weighted by molar-refractivity contribution is 6.35. The number of amides is 2. The summed E-state index contributed by atoms with van der Waals surface area (Å²) in [6.45, 7) is 1.77. The molecule has 0 aliphatic rings. The third-order valence-corrected chi connectivity index (χ3v) is 4.51. The first-order chi connectivity index (χ1) is 12.7. The van der Waals surface area contributed by atoms with Crippen molar-refractivity contribution in [1.29, 1.82) is 0 Å². The summed E-state index contributed by atoms with van der Waals surface area (Å²) in [5.74, 6) is -0.962. The van der Waals surface area contributed by atoms with Gasteiger partial charge in [0.1, 0.15) is 5.82 Å². The molecule has 0 bridgehead atoms. The van der Waals surface area contributed by atoms with Crippen LogP contribution < -0.4 is 10.6 Å². The quantitative estimate of drug-likeness (QED) is 0.702. The van der Waals surface area contributed by atoms with E-state index >= 15 is 0 Å². The van der Waals surface area contributed by atoms with Crippen LogP contribution >= 0.6 is 23.2 Å². The van der Waals surface area contributed by atoms with E-state index in [1.54, 1.807) is 45.3 Å². The first-order valence-corrected chi connectivity index (χ1v) is 8.94. The topological polar surface area (TPSA) is 61.4 Å². The number of carbonyl (C=O) groups is 2. The van der Waals surface area contributed by atoms with Gasteiger partial charge in [0.2, 0.25) is 5.91 Å². The standard InChI is InChI=1S/C19H20Cl2FN3O2/c1-11(14-8-17(22)16(21)9-15(14)20)23-10-18(26)24-13-6-4-12(5-7-13)19(27)25(2)3/h4-9,11,23H,10H2,1-3H3,(H,24,26)/t11-/m0/s1. The van der Waals surface area contributed by atoms with E-state index in [0.29, 0.717) is 21.8 Å². The van der Waals surface area contributed by atoms with E-state index < -0.39 is 5.82 Å². The Balaban J connectivity index is 1.92. The monoisotopic (exact) mass is 411 g/mol. The average molecular weight is 412 g/mol. The van der Waals surface area contributed by atoms with Crippen molar-refractivity contribution in [1.82, 2.24) is 10.2 Å². The zero-order chi connectivity index (χ0) is 20.1. The molecule has 2 aromatic carbocycles. The molecule has 2 rings (SSSR count). The number of nitrogens with zero attached hydrogens (tertiary/aromatic N) is 1. The lowest BCUT2D eigenvalue weighted by Gasteiger charge is -2.16. The fourth-order valence-corrected chi connectivity index (χ4v) is 2.93. The predicted molar refractivity (Wildman–Crippen MR) is 106 cm³/mol. The molecule has 0 aliphatic heterocycles. The van der Waals surface area contributed by atoms with Gasteiger partial charge in [-0.3, -0.25) is 9.59 Å². The minimum atomic E-state index is -0.568. The molecule has 0 aromatic heterocycles. The molecule has 0 radical (unpaired) electrons. The van der Waals surface area contributed by atoms with Gasteiger partial charge in [-0.15, -0.1) is 0 Å². The molecule has 5 nitrogen and oxygen atoms in total. The Morgan fingerprint density at radius 2 is 1.74 bits per heavy atom. The van der Waals surface area contributed by atoms with Gasteiger partial charge in [0.25, 0.3) is 5.91 Å². The zero-order valence-corrected chi connectivity index (χ0v) is 16.7. The summed E-state index contributed by atoms with van der Waals surface area (Å²) < 4.78 is 13.6. The van der Waals surface area contributed by atoms with E-state index in [9.17, 15) is 14.0 Å². The van der Waals surface area contributed by atoms with Gasteiger partial charge in [-0.2, -0.15) is 0 Å². The van der Waals surface area contributed by atoms with Crippen LogP contribution in [0.25, 0.3) is 0 Å². The van der Waals surface area contributed by atoms with Crippen LogP contribution in [0.15, 0.2) is 36.4 Å². The second-order valence-electron chi connectivity index (χ2n) is 6.22. The van der Waals surface area contributed by atoms with Crippen LogP contribution in [0.5, 0.6) is 0 Å². The van der Waals surface area contributed by atoms with Gasteiger partial charge >= 0.3 is 0 Å². The molecule has 2 amide bonds. The molecule has 8 heteroatoms. The molecule has 2 aromatic rings. The van der Waals surface area contributed by atoms with Crippen LogP contribution in [-0.2, 0) is 4.79 Å². The summed E-state index contributed by atoms with van der Waals surface area (Å²) in [6.07, 6.45) is 0. The molecule has 0 heterocycles. The van der Waals surface area contributed by atoms with Crippen molar-refractivity contribution in [2.75, 3.05) is 26.0 Å². The van der Waals surface area contributed by atoms with Crippen molar-refractivity contribution in [2.45, 2.75) is 13.0 Å². The Kier molecular flexibility index (Phi) is 7.18. The third kappa shape index (κ3) is 5.66. The molecular formula is C19H20Cl2FN3O2. The molecule has 0 saturated carbocycles. The second kappa shape index (κ2) is 9.17. The van der Waals surface area contributed by atoms with Gasteiger partial charge in [0, 0.05) is 36.4 Å². The maximum Gasteiger partial charge on any atom is 0.253 e. The van der Waals surface area contributed by atoms with Gasteiger partial charge in [-0.05, 0) is 48.9 Å². The Bertz CT molecular complexity index is 842. The normalized spacial score (nSPS) is 11.8.